The quantitative estimate of drug-likeness (QED) is 0.546. The van der Waals surface area contributed by atoms with Crippen molar-refractivity contribution in [3.63, 3.8) is 0 Å². The molecule has 0 bridgehead atoms. The molecule has 0 unspecified atom stereocenters. The van der Waals surface area contributed by atoms with Crippen LogP contribution >= 0.6 is 11.3 Å². The molecule has 0 fully saturated rings. The number of carbonyl (C=O) groups is 1. The molecular weight excluding hydrogens is 296 g/mol. The second-order valence-electron chi connectivity index (χ2n) is 4.59. The van der Waals surface area contributed by atoms with Crippen LogP contribution in [-0.4, -0.2) is 10.4 Å². The van der Waals surface area contributed by atoms with Crippen LogP contribution in [0.2, 0.25) is 0 Å². The molecule has 0 aliphatic carbocycles. The molecule has 0 saturated carbocycles. The van der Waals surface area contributed by atoms with Crippen molar-refractivity contribution in [2.45, 2.75) is 6.61 Å². The summed E-state index contributed by atoms with van der Waals surface area (Å²) in [5, 5.41) is 11.2. The Bertz CT molecular complexity index is 870. The smallest absolute Gasteiger partial charge is 0.331 e. The van der Waals surface area contributed by atoms with E-state index in [1.54, 1.807) is 17.4 Å². The number of hydrogen-bond acceptors (Lipinski definition) is 4. The second-order valence-corrected chi connectivity index (χ2v) is 5.57. The van der Waals surface area contributed by atoms with Gasteiger partial charge in [-0.05, 0) is 29.7 Å². The van der Waals surface area contributed by atoms with Gasteiger partial charge in [-0.1, -0.05) is 12.1 Å². The highest BCUT2D eigenvalue weighted by atomic mass is 32.1. The van der Waals surface area contributed by atoms with Crippen LogP contribution in [0.4, 0.5) is 0 Å². The molecular formula is C17H12N2O2S. The third-order valence-corrected chi connectivity index (χ3v) is 4.01. The van der Waals surface area contributed by atoms with Crippen LogP contribution in [0.25, 0.3) is 11.6 Å². The summed E-state index contributed by atoms with van der Waals surface area (Å²) in [6.45, 7) is 0.0815. The molecule has 0 saturated heterocycles. The van der Waals surface area contributed by atoms with Gasteiger partial charge in [0.2, 0.25) is 0 Å². The van der Waals surface area contributed by atoms with E-state index in [1.165, 1.54) is 6.08 Å². The van der Waals surface area contributed by atoms with Crippen LogP contribution < -0.4 is 0 Å². The van der Waals surface area contributed by atoms with Gasteiger partial charge in [-0.25, -0.2) is 4.79 Å². The SMILES string of the molecule is N#Cc1c(COC(=O)/C=C/c2cccs2)cn2ccccc12. The minimum atomic E-state index is -0.424. The topological polar surface area (TPSA) is 54.5 Å². The molecule has 4 nitrogen and oxygen atoms in total. The number of nitriles is 1. The van der Waals surface area contributed by atoms with Gasteiger partial charge in [0.1, 0.15) is 12.7 Å². The van der Waals surface area contributed by atoms with E-state index in [2.05, 4.69) is 6.07 Å². The Hall–Kier alpha value is -2.84. The predicted molar refractivity (Wildman–Crippen MR) is 85.3 cm³/mol. The van der Waals surface area contributed by atoms with Crippen LogP contribution in [0.1, 0.15) is 16.0 Å². The number of nitrogens with zero attached hydrogens (tertiary/aromatic N) is 2. The molecule has 3 rings (SSSR count). The van der Waals surface area contributed by atoms with Crippen molar-refractivity contribution in [1.82, 2.24) is 4.40 Å². The Labute approximate surface area is 131 Å². The highest BCUT2D eigenvalue weighted by Crippen LogP contribution is 2.18. The van der Waals surface area contributed by atoms with Crippen molar-refractivity contribution in [2.24, 2.45) is 0 Å². The number of aromatic nitrogens is 1. The summed E-state index contributed by atoms with van der Waals surface area (Å²) in [5.74, 6) is -0.424. The lowest BCUT2D eigenvalue weighted by molar-refractivity contribution is -0.138. The monoisotopic (exact) mass is 308 g/mol. The minimum Gasteiger partial charge on any atom is -0.458 e. The zero-order valence-electron chi connectivity index (χ0n) is 11.6. The number of carbonyl (C=O) groups excluding carboxylic acids is 1. The molecule has 0 amide bonds. The van der Waals surface area contributed by atoms with E-state index in [1.807, 2.05) is 52.5 Å². The second kappa shape index (κ2) is 6.29. The van der Waals surface area contributed by atoms with Gasteiger partial charge in [-0.2, -0.15) is 5.26 Å². The van der Waals surface area contributed by atoms with Gasteiger partial charge in [0.25, 0.3) is 0 Å². The molecule has 0 spiro atoms. The number of fused-ring (bicyclic) bond motifs is 1. The first kappa shape index (κ1) is 14.1. The van der Waals surface area contributed by atoms with Gasteiger partial charge in [0.15, 0.2) is 0 Å². The summed E-state index contributed by atoms with van der Waals surface area (Å²) < 4.78 is 7.06. The molecule has 3 aromatic heterocycles. The highest BCUT2D eigenvalue weighted by molar-refractivity contribution is 7.10. The number of hydrogen-bond donors (Lipinski definition) is 0. The molecule has 22 heavy (non-hydrogen) atoms. The molecule has 0 atom stereocenters. The maximum Gasteiger partial charge on any atom is 0.331 e. The number of ether oxygens (including phenoxy) is 1. The van der Waals surface area contributed by atoms with Crippen molar-refractivity contribution >= 4 is 28.9 Å². The lowest BCUT2D eigenvalue weighted by Crippen LogP contribution is -2.00. The standard InChI is InChI=1S/C17H12N2O2S/c18-10-15-13(11-19-8-2-1-5-16(15)19)12-21-17(20)7-6-14-4-3-9-22-14/h1-9,11H,12H2/b7-6+. The molecule has 3 aromatic rings. The van der Waals surface area contributed by atoms with Gasteiger partial charge in [0.05, 0.1) is 11.1 Å². The predicted octanol–water partition coefficient (Wildman–Crippen LogP) is 3.63. The molecule has 0 radical (unpaired) electrons. The zero-order chi connectivity index (χ0) is 15.4. The fourth-order valence-corrected chi connectivity index (χ4v) is 2.77. The van der Waals surface area contributed by atoms with E-state index in [0.29, 0.717) is 11.1 Å². The Kier molecular flexibility index (Phi) is 4.03. The third-order valence-electron chi connectivity index (χ3n) is 3.17. The molecule has 108 valence electrons. The Balaban J connectivity index is 1.71. The normalized spacial score (nSPS) is 10.9. The van der Waals surface area contributed by atoms with Crippen LogP contribution in [0.15, 0.2) is 54.2 Å². The third kappa shape index (κ3) is 2.92. The molecule has 3 heterocycles. The van der Waals surface area contributed by atoms with Gasteiger partial charge in [0, 0.05) is 28.9 Å². The summed E-state index contributed by atoms with van der Waals surface area (Å²) in [6.07, 6.45) is 6.78. The van der Waals surface area contributed by atoms with Crippen molar-refractivity contribution in [3.05, 3.63) is 70.2 Å². The van der Waals surface area contributed by atoms with Gasteiger partial charge >= 0.3 is 5.97 Å². The van der Waals surface area contributed by atoms with E-state index in [4.69, 9.17) is 4.74 Å². The molecule has 0 aliphatic rings. The van der Waals surface area contributed by atoms with Gasteiger partial charge in [-0.3, -0.25) is 0 Å². The Morgan fingerprint density at radius 1 is 1.36 bits per heavy atom. The van der Waals surface area contributed by atoms with Crippen LogP contribution in [-0.2, 0) is 16.1 Å². The molecule has 0 N–H and O–H groups in total. The van der Waals surface area contributed by atoms with E-state index in [0.717, 1.165) is 10.4 Å². The van der Waals surface area contributed by atoms with Crippen molar-refractivity contribution < 1.29 is 9.53 Å². The average Bonchev–Trinajstić information content (AvgIpc) is 3.17. The first-order valence-corrected chi connectivity index (χ1v) is 7.53. The maximum absolute atomic E-state index is 11.7. The lowest BCUT2D eigenvalue weighted by atomic mass is 10.2. The van der Waals surface area contributed by atoms with Crippen molar-refractivity contribution in [1.29, 1.82) is 5.26 Å². The first-order valence-electron chi connectivity index (χ1n) is 6.65. The van der Waals surface area contributed by atoms with E-state index < -0.39 is 5.97 Å². The van der Waals surface area contributed by atoms with E-state index >= 15 is 0 Å². The Morgan fingerprint density at radius 2 is 2.27 bits per heavy atom. The molecule has 0 aromatic carbocycles. The molecule has 5 heteroatoms. The van der Waals surface area contributed by atoms with Crippen LogP contribution in [0.5, 0.6) is 0 Å². The average molecular weight is 308 g/mol. The summed E-state index contributed by atoms with van der Waals surface area (Å²) >= 11 is 1.55. The zero-order valence-corrected chi connectivity index (χ0v) is 12.4. The largest absolute Gasteiger partial charge is 0.458 e. The summed E-state index contributed by atoms with van der Waals surface area (Å²) in [4.78, 5) is 12.7. The number of pyridine rings is 1. The van der Waals surface area contributed by atoms with E-state index in [-0.39, 0.29) is 6.61 Å². The Morgan fingerprint density at radius 3 is 3.05 bits per heavy atom. The lowest BCUT2D eigenvalue weighted by Gasteiger charge is -1.99. The summed E-state index contributed by atoms with van der Waals surface area (Å²) in [6, 6.07) is 11.6. The van der Waals surface area contributed by atoms with Crippen LogP contribution in [0.3, 0.4) is 0 Å². The first-order chi connectivity index (χ1) is 10.8. The number of rotatable bonds is 4. The minimum absolute atomic E-state index is 0.0815. The van der Waals surface area contributed by atoms with Crippen molar-refractivity contribution in [2.75, 3.05) is 0 Å². The van der Waals surface area contributed by atoms with Gasteiger partial charge in [-0.15, -0.1) is 11.3 Å². The fourth-order valence-electron chi connectivity index (χ4n) is 2.15. The number of esters is 1. The van der Waals surface area contributed by atoms with Gasteiger partial charge < -0.3 is 9.14 Å². The highest BCUT2D eigenvalue weighted by Gasteiger charge is 2.11. The van der Waals surface area contributed by atoms with Crippen LogP contribution in [0, 0.1) is 11.3 Å². The van der Waals surface area contributed by atoms with E-state index in [9.17, 15) is 10.1 Å². The number of thiophene rings is 1. The maximum atomic E-state index is 11.7. The summed E-state index contributed by atoms with van der Waals surface area (Å²) in [5.41, 5.74) is 2.05. The molecule has 0 aliphatic heterocycles. The van der Waals surface area contributed by atoms with Crippen molar-refractivity contribution in [3.8, 4) is 6.07 Å². The fraction of sp³-hybridized carbons (Fsp3) is 0.0588. The summed E-state index contributed by atoms with van der Waals surface area (Å²) in [7, 11) is 0.